The second-order valence-electron chi connectivity index (χ2n) is 5.56. The highest BCUT2D eigenvalue weighted by molar-refractivity contribution is 5.37. The minimum atomic E-state index is 0.0549. The average Bonchev–Trinajstić information content (AvgIpc) is 2.26. The van der Waals surface area contributed by atoms with Crippen LogP contribution in [0.2, 0.25) is 0 Å². The SMILES string of the molecule is Cc1cc(NC(CO)CC(C)C)nc(C(C)C)n1. The highest BCUT2D eigenvalue weighted by Gasteiger charge is 2.12. The van der Waals surface area contributed by atoms with Gasteiger partial charge in [-0.1, -0.05) is 27.7 Å². The van der Waals surface area contributed by atoms with Crippen LogP contribution in [0.3, 0.4) is 0 Å². The van der Waals surface area contributed by atoms with Crippen LogP contribution >= 0.6 is 0 Å². The van der Waals surface area contributed by atoms with Crippen molar-refractivity contribution in [3.05, 3.63) is 17.6 Å². The van der Waals surface area contributed by atoms with Crippen LogP contribution < -0.4 is 5.32 Å². The molecule has 4 heteroatoms. The predicted molar refractivity (Wildman–Crippen MR) is 74.8 cm³/mol. The van der Waals surface area contributed by atoms with Crippen molar-refractivity contribution in [1.82, 2.24) is 9.97 Å². The summed E-state index contributed by atoms with van der Waals surface area (Å²) in [5.74, 6) is 2.51. The van der Waals surface area contributed by atoms with Crippen LogP contribution in [-0.2, 0) is 0 Å². The standard InChI is InChI=1S/C14H25N3O/c1-9(2)6-12(8-18)16-13-7-11(5)15-14(17-13)10(3)4/h7,9-10,12,18H,6,8H2,1-5H3,(H,15,16,17). The maximum Gasteiger partial charge on any atom is 0.133 e. The van der Waals surface area contributed by atoms with E-state index in [0.29, 0.717) is 11.8 Å². The first-order chi connectivity index (χ1) is 8.42. The number of anilines is 1. The van der Waals surface area contributed by atoms with Crippen molar-refractivity contribution in [3.63, 3.8) is 0 Å². The molecule has 1 aromatic rings. The Balaban J connectivity index is 2.82. The summed E-state index contributed by atoms with van der Waals surface area (Å²) in [7, 11) is 0. The third-order valence-electron chi connectivity index (χ3n) is 2.72. The van der Waals surface area contributed by atoms with Gasteiger partial charge in [0.1, 0.15) is 11.6 Å². The topological polar surface area (TPSA) is 58.0 Å². The summed E-state index contributed by atoms with van der Waals surface area (Å²) in [6.45, 7) is 10.5. The lowest BCUT2D eigenvalue weighted by Crippen LogP contribution is -2.26. The van der Waals surface area contributed by atoms with E-state index in [9.17, 15) is 5.11 Å². The van der Waals surface area contributed by atoms with E-state index < -0.39 is 0 Å². The molecule has 0 radical (unpaired) electrons. The lowest BCUT2D eigenvalue weighted by atomic mass is 10.0. The molecule has 0 saturated heterocycles. The van der Waals surface area contributed by atoms with Crippen molar-refractivity contribution in [2.45, 2.75) is 53.0 Å². The Hall–Kier alpha value is -1.16. The van der Waals surface area contributed by atoms with Gasteiger partial charge in [-0.3, -0.25) is 0 Å². The van der Waals surface area contributed by atoms with E-state index in [1.165, 1.54) is 0 Å². The number of hydrogen-bond donors (Lipinski definition) is 2. The van der Waals surface area contributed by atoms with Gasteiger partial charge in [-0.2, -0.15) is 0 Å². The molecule has 0 spiro atoms. The fraction of sp³-hybridized carbons (Fsp3) is 0.714. The molecule has 0 aliphatic rings. The Labute approximate surface area is 110 Å². The predicted octanol–water partition coefficient (Wildman–Crippen LogP) is 2.73. The van der Waals surface area contributed by atoms with Gasteiger partial charge in [0.15, 0.2) is 0 Å². The molecule has 1 unspecified atom stereocenters. The summed E-state index contributed by atoms with van der Waals surface area (Å²) < 4.78 is 0. The summed E-state index contributed by atoms with van der Waals surface area (Å²) >= 11 is 0. The smallest absolute Gasteiger partial charge is 0.133 e. The van der Waals surface area contributed by atoms with Gasteiger partial charge < -0.3 is 10.4 Å². The lowest BCUT2D eigenvalue weighted by molar-refractivity contribution is 0.259. The molecule has 0 saturated carbocycles. The van der Waals surface area contributed by atoms with E-state index in [0.717, 1.165) is 23.8 Å². The largest absolute Gasteiger partial charge is 0.394 e. The van der Waals surface area contributed by atoms with E-state index in [1.54, 1.807) is 0 Å². The number of hydrogen-bond acceptors (Lipinski definition) is 4. The summed E-state index contributed by atoms with van der Waals surface area (Å²) in [5.41, 5.74) is 0.956. The monoisotopic (exact) mass is 251 g/mol. The van der Waals surface area contributed by atoms with Gasteiger partial charge in [-0.25, -0.2) is 9.97 Å². The second kappa shape index (κ2) is 6.69. The molecule has 0 aliphatic carbocycles. The minimum absolute atomic E-state index is 0.0549. The number of aliphatic hydroxyl groups excluding tert-OH is 1. The first-order valence-electron chi connectivity index (χ1n) is 6.65. The van der Waals surface area contributed by atoms with Crippen LogP contribution in [-0.4, -0.2) is 27.7 Å². The van der Waals surface area contributed by atoms with Gasteiger partial charge in [0.25, 0.3) is 0 Å². The number of nitrogens with zero attached hydrogens (tertiary/aromatic N) is 2. The van der Waals surface area contributed by atoms with Gasteiger partial charge in [-0.05, 0) is 19.3 Å². The van der Waals surface area contributed by atoms with Crippen LogP contribution in [0.15, 0.2) is 6.07 Å². The summed E-state index contributed by atoms with van der Waals surface area (Å²) in [6.07, 6.45) is 0.927. The van der Waals surface area contributed by atoms with Crippen molar-refractivity contribution >= 4 is 5.82 Å². The number of aryl methyl sites for hydroxylation is 1. The number of aliphatic hydroxyl groups is 1. The molecule has 102 valence electrons. The van der Waals surface area contributed by atoms with E-state index in [4.69, 9.17) is 0 Å². The molecule has 18 heavy (non-hydrogen) atoms. The van der Waals surface area contributed by atoms with Gasteiger partial charge in [0, 0.05) is 17.7 Å². The normalized spacial score (nSPS) is 13.1. The molecule has 0 aromatic carbocycles. The Morgan fingerprint density at radius 1 is 1.22 bits per heavy atom. The van der Waals surface area contributed by atoms with E-state index in [-0.39, 0.29) is 12.6 Å². The molecule has 1 atom stereocenters. The van der Waals surface area contributed by atoms with Crippen molar-refractivity contribution < 1.29 is 5.11 Å². The highest BCUT2D eigenvalue weighted by atomic mass is 16.3. The molecular formula is C14H25N3O. The summed E-state index contributed by atoms with van der Waals surface area (Å²) in [5, 5.41) is 12.7. The zero-order valence-corrected chi connectivity index (χ0v) is 12.1. The first-order valence-corrected chi connectivity index (χ1v) is 6.65. The van der Waals surface area contributed by atoms with Gasteiger partial charge >= 0.3 is 0 Å². The van der Waals surface area contributed by atoms with Crippen LogP contribution in [0.5, 0.6) is 0 Å². The molecule has 1 aromatic heterocycles. The van der Waals surface area contributed by atoms with Crippen LogP contribution in [0.25, 0.3) is 0 Å². The Bertz CT molecular complexity index is 377. The van der Waals surface area contributed by atoms with Crippen LogP contribution in [0.4, 0.5) is 5.82 Å². The molecular weight excluding hydrogens is 226 g/mol. The van der Waals surface area contributed by atoms with E-state index in [2.05, 4.69) is 43.0 Å². The number of aromatic nitrogens is 2. The highest BCUT2D eigenvalue weighted by Crippen LogP contribution is 2.16. The van der Waals surface area contributed by atoms with Gasteiger partial charge in [-0.15, -0.1) is 0 Å². The maximum absolute atomic E-state index is 9.38. The Morgan fingerprint density at radius 3 is 2.39 bits per heavy atom. The van der Waals surface area contributed by atoms with E-state index in [1.807, 2.05) is 13.0 Å². The Morgan fingerprint density at radius 2 is 1.89 bits per heavy atom. The lowest BCUT2D eigenvalue weighted by Gasteiger charge is -2.19. The third kappa shape index (κ3) is 4.61. The maximum atomic E-state index is 9.38. The van der Waals surface area contributed by atoms with Crippen molar-refractivity contribution in [1.29, 1.82) is 0 Å². The third-order valence-corrected chi connectivity index (χ3v) is 2.72. The fourth-order valence-corrected chi connectivity index (χ4v) is 1.88. The second-order valence-corrected chi connectivity index (χ2v) is 5.56. The zero-order chi connectivity index (χ0) is 13.7. The minimum Gasteiger partial charge on any atom is -0.394 e. The quantitative estimate of drug-likeness (QED) is 0.816. The molecule has 4 nitrogen and oxygen atoms in total. The molecule has 0 fully saturated rings. The number of rotatable bonds is 6. The Kier molecular flexibility index (Phi) is 5.54. The van der Waals surface area contributed by atoms with E-state index >= 15 is 0 Å². The zero-order valence-electron chi connectivity index (χ0n) is 12.1. The molecule has 0 bridgehead atoms. The summed E-state index contributed by atoms with van der Waals surface area (Å²) in [4.78, 5) is 8.91. The van der Waals surface area contributed by atoms with Crippen LogP contribution in [0.1, 0.15) is 51.6 Å². The molecule has 1 heterocycles. The van der Waals surface area contributed by atoms with Crippen molar-refractivity contribution in [3.8, 4) is 0 Å². The fourth-order valence-electron chi connectivity index (χ4n) is 1.88. The molecule has 0 amide bonds. The van der Waals surface area contributed by atoms with Gasteiger partial charge in [0.2, 0.25) is 0 Å². The number of nitrogens with one attached hydrogen (secondary N) is 1. The van der Waals surface area contributed by atoms with Crippen molar-refractivity contribution in [2.75, 3.05) is 11.9 Å². The molecule has 1 rings (SSSR count). The first kappa shape index (κ1) is 14.9. The summed E-state index contributed by atoms with van der Waals surface area (Å²) in [6, 6.07) is 1.98. The van der Waals surface area contributed by atoms with Crippen molar-refractivity contribution in [2.24, 2.45) is 5.92 Å². The van der Waals surface area contributed by atoms with Crippen LogP contribution in [0, 0.1) is 12.8 Å². The molecule has 2 N–H and O–H groups in total. The average molecular weight is 251 g/mol. The van der Waals surface area contributed by atoms with Gasteiger partial charge in [0.05, 0.1) is 12.6 Å². The molecule has 0 aliphatic heterocycles.